The molecule has 3 nitrogen and oxygen atoms in total. The number of para-hydroxylation sites is 2. The third-order valence-electron chi connectivity index (χ3n) is 15.9. The summed E-state index contributed by atoms with van der Waals surface area (Å²) in [7, 11) is 0. The minimum Gasteiger partial charge on any atom is -0.376 e. The predicted molar refractivity (Wildman–Crippen MR) is 313 cm³/mol. The summed E-state index contributed by atoms with van der Waals surface area (Å²) in [6.45, 7) is 6.99. The van der Waals surface area contributed by atoms with Gasteiger partial charge in [0.15, 0.2) is 0 Å². The average Bonchev–Trinajstić information content (AvgIpc) is 3.72. The third kappa shape index (κ3) is 6.90. The molecule has 0 saturated carbocycles. The fourth-order valence-corrected chi connectivity index (χ4v) is 12.5. The molecule has 0 spiro atoms. The van der Waals surface area contributed by atoms with Crippen LogP contribution in [0, 0.1) is 6.92 Å². The lowest BCUT2D eigenvalue weighted by molar-refractivity contribution is 0.661. The highest BCUT2D eigenvalue weighted by atomic mass is 15.2. The molecular formula is C70H52BN3. The topological polar surface area (TPSA) is 9.72 Å². The molecule has 0 saturated heterocycles. The Balaban J connectivity index is 1.11. The number of aryl methyl sites for hydroxylation is 1. The zero-order valence-corrected chi connectivity index (χ0v) is 41.7. The summed E-state index contributed by atoms with van der Waals surface area (Å²) in [6.07, 6.45) is 0. The molecule has 0 aromatic heterocycles. The van der Waals surface area contributed by atoms with Crippen molar-refractivity contribution in [3.8, 4) is 55.6 Å². The van der Waals surface area contributed by atoms with Gasteiger partial charge in [-0.1, -0.05) is 202 Å². The van der Waals surface area contributed by atoms with Crippen LogP contribution < -0.4 is 25.5 Å². The van der Waals surface area contributed by atoms with E-state index < -0.39 is 0 Å². The second-order valence-electron chi connectivity index (χ2n) is 20.5. The second-order valence-corrected chi connectivity index (χ2v) is 20.5. The monoisotopic (exact) mass is 945 g/mol. The van der Waals surface area contributed by atoms with Crippen LogP contribution in [0.1, 0.15) is 30.5 Å². The lowest BCUT2D eigenvalue weighted by Crippen LogP contribution is -2.62. The first-order chi connectivity index (χ1) is 36.4. The quantitative estimate of drug-likeness (QED) is 0.141. The molecule has 14 rings (SSSR count). The van der Waals surface area contributed by atoms with Gasteiger partial charge in [0.05, 0.1) is 0 Å². The van der Waals surface area contributed by atoms with E-state index in [9.17, 15) is 0 Å². The number of hydrogen-bond acceptors (Lipinski definition) is 3. The van der Waals surface area contributed by atoms with E-state index in [0.717, 1.165) is 28.4 Å². The lowest BCUT2D eigenvalue weighted by atomic mass is 9.42. The van der Waals surface area contributed by atoms with Gasteiger partial charge < -0.3 is 14.6 Å². The van der Waals surface area contributed by atoms with Crippen molar-refractivity contribution < 1.29 is 0 Å². The van der Waals surface area contributed by atoms with E-state index in [1.807, 2.05) is 0 Å². The summed E-state index contributed by atoms with van der Waals surface area (Å²) in [5, 5.41) is 0. The Morgan fingerprint density at radius 2 is 0.905 bits per heavy atom. The molecule has 0 atom stereocenters. The van der Waals surface area contributed by atoms with Crippen molar-refractivity contribution in [2.75, 3.05) is 14.6 Å². The van der Waals surface area contributed by atoms with Gasteiger partial charge in [0, 0.05) is 56.5 Å². The molecule has 74 heavy (non-hydrogen) atoms. The summed E-state index contributed by atoms with van der Waals surface area (Å²) in [5.41, 5.74) is 27.7. The minimum atomic E-state index is -0.328. The summed E-state index contributed by atoms with van der Waals surface area (Å²) in [4.78, 5) is 7.73. The fourth-order valence-electron chi connectivity index (χ4n) is 12.5. The van der Waals surface area contributed by atoms with Crippen molar-refractivity contribution in [3.63, 3.8) is 0 Å². The first-order valence-electron chi connectivity index (χ1n) is 25.9. The number of hydrogen-bond donors (Lipinski definition) is 0. The highest BCUT2D eigenvalue weighted by Crippen LogP contribution is 2.58. The molecule has 11 aromatic rings. The van der Waals surface area contributed by atoms with Crippen LogP contribution in [0.3, 0.4) is 0 Å². The SMILES string of the molecule is Cc1cc(-c2ccccc2)ccc1N1c2cc(N(c3ccccc3)c3ccccc3)ccc2B2c3c(cc4c(c31)C(C)(C)c1ccccc1-4)-c1ccc(-c3ccccc3)cc1N2c1ccc(-c2ccccc2)cc1. The van der Waals surface area contributed by atoms with Crippen molar-refractivity contribution in [3.05, 3.63) is 278 Å². The molecule has 0 N–H and O–H groups in total. The van der Waals surface area contributed by atoms with E-state index in [1.54, 1.807) is 0 Å². The van der Waals surface area contributed by atoms with Crippen molar-refractivity contribution in [1.82, 2.24) is 0 Å². The molecule has 3 aliphatic rings. The molecular weight excluding hydrogens is 894 g/mol. The van der Waals surface area contributed by atoms with E-state index in [1.165, 1.54) is 100 Å². The second kappa shape index (κ2) is 17.3. The fraction of sp³-hybridized carbons (Fsp3) is 0.0571. The number of rotatable bonds is 8. The predicted octanol–water partition coefficient (Wildman–Crippen LogP) is 17.5. The highest BCUT2D eigenvalue weighted by Gasteiger charge is 2.50. The van der Waals surface area contributed by atoms with Crippen LogP contribution in [0.2, 0.25) is 0 Å². The number of anilines is 8. The van der Waals surface area contributed by atoms with Crippen LogP contribution in [-0.2, 0) is 5.41 Å². The zero-order chi connectivity index (χ0) is 49.5. The molecule has 11 aromatic carbocycles. The van der Waals surface area contributed by atoms with Crippen LogP contribution >= 0.6 is 0 Å². The van der Waals surface area contributed by atoms with Crippen molar-refractivity contribution >= 4 is 63.3 Å². The van der Waals surface area contributed by atoms with Crippen LogP contribution in [-0.4, -0.2) is 6.85 Å². The van der Waals surface area contributed by atoms with E-state index in [4.69, 9.17) is 0 Å². The summed E-state index contributed by atoms with van der Waals surface area (Å²) in [6, 6.07) is 96.5. The Morgan fingerprint density at radius 1 is 0.378 bits per heavy atom. The normalized spacial score (nSPS) is 13.4. The molecule has 0 amide bonds. The standard InChI is InChI=1S/C70H52BN3/c1-47-43-52(49-23-11-5-12-24-49)36-42-64(47)73-66-45-57(72(54-27-15-7-16-28-54)55-29-17-8-18-30-55)39-41-63(66)71-68-61(46-60-58-31-19-20-32-62(58)70(2,3)67(60)69(68)73)59-40-35-53(50-25-13-6-14-26-50)44-65(59)74(71)56-37-33-51(34-38-56)48-21-9-4-10-22-48/h4-46H,1-3H3. The largest absolute Gasteiger partial charge is 0.376 e. The van der Waals surface area contributed by atoms with Crippen LogP contribution in [0.5, 0.6) is 0 Å². The number of nitrogens with zero attached hydrogens (tertiary/aromatic N) is 3. The van der Waals surface area contributed by atoms with Gasteiger partial charge in [-0.2, -0.15) is 0 Å². The Bertz CT molecular complexity index is 3890. The van der Waals surface area contributed by atoms with Crippen molar-refractivity contribution in [2.45, 2.75) is 26.2 Å². The number of fused-ring (bicyclic) bond motifs is 8. The maximum absolute atomic E-state index is 2.67. The summed E-state index contributed by atoms with van der Waals surface area (Å²) < 4.78 is 0. The van der Waals surface area contributed by atoms with Gasteiger partial charge >= 0.3 is 6.85 Å². The van der Waals surface area contributed by atoms with E-state index in [0.29, 0.717) is 0 Å². The maximum Gasteiger partial charge on any atom is 0.333 e. The van der Waals surface area contributed by atoms with E-state index in [-0.39, 0.29) is 12.3 Å². The van der Waals surface area contributed by atoms with Gasteiger partial charge in [-0.25, -0.2) is 0 Å². The molecule has 2 heterocycles. The first-order valence-corrected chi connectivity index (χ1v) is 25.9. The zero-order valence-electron chi connectivity index (χ0n) is 41.7. The van der Waals surface area contributed by atoms with Gasteiger partial charge in [-0.05, 0) is 157 Å². The maximum atomic E-state index is 2.67. The van der Waals surface area contributed by atoms with Crippen LogP contribution in [0.25, 0.3) is 55.6 Å². The molecule has 0 unspecified atom stereocenters. The molecule has 4 heteroatoms. The minimum absolute atomic E-state index is 0.197. The molecule has 0 fully saturated rings. The van der Waals surface area contributed by atoms with E-state index >= 15 is 0 Å². The summed E-state index contributed by atoms with van der Waals surface area (Å²) >= 11 is 0. The molecule has 0 radical (unpaired) electrons. The van der Waals surface area contributed by atoms with Crippen LogP contribution in [0.15, 0.2) is 261 Å². The van der Waals surface area contributed by atoms with Crippen molar-refractivity contribution in [1.29, 1.82) is 0 Å². The Kier molecular flexibility index (Phi) is 10.2. The van der Waals surface area contributed by atoms with Gasteiger partial charge in [-0.15, -0.1) is 0 Å². The number of benzene rings is 11. The van der Waals surface area contributed by atoms with Crippen molar-refractivity contribution in [2.24, 2.45) is 0 Å². The highest BCUT2D eigenvalue weighted by molar-refractivity contribution is 6.93. The van der Waals surface area contributed by atoms with Crippen LogP contribution in [0.4, 0.5) is 45.5 Å². The molecule has 350 valence electrons. The molecule has 1 aliphatic carbocycles. The average molecular weight is 946 g/mol. The smallest absolute Gasteiger partial charge is 0.333 e. The van der Waals surface area contributed by atoms with Gasteiger partial charge in [-0.3, -0.25) is 0 Å². The van der Waals surface area contributed by atoms with E-state index in [2.05, 4.69) is 296 Å². The lowest BCUT2D eigenvalue weighted by Gasteiger charge is -2.48. The Morgan fingerprint density at radius 3 is 1.53 bits per heavy atom. The molecule has 2 aliphatic heterocycles. The Hall–Kier alpha value is -9.12. The summed E-state index contributed by atoms with van der Waals surface area (Å²) in [5.74, 6) is 0. The van der Waals surface area contributed by atoms with Gasteiger partial charge in [0.1, 0.15) is 0 Å². The first kappa shape index (κ1) is 43.7. The third-order valence-corrected chi connectivity index (χ3v) is 15.9. The van der Waals surface area contributed by atoms with Gasteiger partial charge in [0.25, 0.3) is 0 Å². The van der Waals surface area contributed by atoms with Gasteiger partial charge in [0.2, 0.25) is 0 Å². The Labute approximate surface area is 435 Å². The molecule has 0 bridgehead atoms.